The standard InChI is InChI=1S/C25H41F6NO12/c1-32-18-3-4-22(9-18)42-15-21(36)11-38-7-8-39-16-23(26,27)43-25(30,31)44-24(28,29)17-41-14-20(35)13-40-12-19(34)10-37-6-2-5-33/h18-22,33-36H,2-17H2. The fourth-order valence-corrected chi connectivity index (χ4v) is 3.57. The molecule has 5 atom stereocenters. The van der Waals surface area contributed by atoms with Crippen LogP contribution in [0, 0.1) is 6.57 Å². The summed E-state index contributed by atoms with van der Waals surface area (Å²) in [5.41, 5.74) is 0. The number of nitrogens with zero attached hydrogens (tertiary/aromatic N) is 1. The van der Waals surface area contributed by atoms with E-state index >= 15 is 0 Å². The van der Waals surface area contributed by atoms with Gasteiger partial charge in [-0.25, -0.2) is 16.0 Å². The zero-order valence-corrected chi connectivity index (χ0v) is 24.0. The third-order valence-electron chi connectivity index (χ3n) is 5.51. The van der Waals surface area contributed by atoms with E-state index in [0.717, 1.165) is 0 Å². The maximum atomic E-state index is 13.7. The second-order valence-corrected chi connectivity index (χ2v) is 9.79. The summed E-state index contributed by atoms with van der Waals surface area (Å²) >= 11 is 0. The lowest BCUT2D eigenvalue weighted by molar-refractivity contribution is -0.518. The Morgan fingerprint density at radius 2 is 1.18 bits per heavy atom. The van der Waals surface area contributed by atoms with Crippen molar-refractivity contribution in [1.82, 2.24) is 0 Å². The Bertz CT molecular complexity index is 797. The smallest absolute Gasteiger partial charge is 0.396 e. The van der Waals surface area contributed by atoms with Crippen molar-refractivity contribution < 1.29 is 84.7 Å². The summed E-state index contributed by atoms with van der Waals surface area (Å²) in [4.78, 5) is 3.43. The van der Waals surface area contributed by atoms with Gasteiger partial charge in [0.25, 0.3) is 0 Å². The molecule has 19 heteroatoms. The Morgan fingerprint density at radius 1 is 0.682 bits per heavy atom. The molecular weight excluding hydrogens is 620 g/mol. The summed E-state index contributed by atoms with van der Waals surface area (Å²) < 4.78 is 117. The SMILES string of the molecule is [C-]#[N+]C1CCC(OCC(O)COCCOCC(F)(F)OC(F)(F)OC(F)(F)COCC(O)COCC(O)COCCCO)C1. The maximum Gasteiger partial charge on any atom is 0.495 e. The zero-order chi connectivity index (χ0) is 33.1. The van der Waals surface area contributed by atoms with Crippen molar-refractivity contribution in [3.63, 3.8) is 0 Å². The van der Waals surface area contributed by atoms with E-state index in [9.17, 15) is 41.7 Å². The molecule has 1 saturated carbocycles. The monoisotopic (exact) mass is 661 g/mol. The molecule has 0 amide bonds. The Morgan fingerprint density at radius 3 is 1.75 bits per heavy atom. The maximum absolute atomic E-state index is 13.7. The van der Waals surface area contributed by atoms with Gasteiger partial charge in [0.1, 0.15) is 31.5 Å². The molecule has 1 rings (SSSR count). The van der Waals surface area contributed by atoms with E-state index in [1.165, 1.54) is 0 Å². The van der Waals surface area contributed by atoms with Crippen LogP contribution in [0.3, 0.4) is 0 Å². The van der Waals surface area contributed by atoms with Crippen molar-refractivity contribution in [3.8, 4) is 0 Å². The number of aliphatic hydroxyl groups excluding tert-OH is 4. The highest BCUT2D eigenvalue weighted by Crippen LogP contribution is 2.33. The molecule has 0 aromatic heterocycles. The van der Waals surface area contributed by atoms with E-state index in [2.05, 4.69) is 23.8 Å². The third kappa shape index (κ3) is 20.6. The molecule has 1 aliphatic carbocycles. The minimum absolute atomic E-state index is 0.0725. The molecule has 44 heavy (non-hydrogen) atoms. The lowest BCUT2D eigenvalue weighted by Crippen LogP contribution is -2.44. The van der Waals surface area contributed by atoms with Crippen molar-refractivity contribution in [1.29, 1.82) is 0 Å². The Labute approximate surface area is 250 Å². The summed E-state index contributed by atoms with van der Waals surface area (Å²) in [5.74, 6) is 0. The lowest BCUT2D eigenvalue weighted by atomic mass is 10.3. The topological polar surface area (TPSA) is 159 Å². The van der Waals surface area contributed by atoms with Gasteiger partial charge in [0.05, 0.1) is 59.0 Å². The molecule has 1 fully saturated rings. The molecule has 4 N–H and O–H groups in total. The van der Waals surface area contributed by atoms with Crippen LogP contribution in [-0.4, -0.2) is 149 Å². The molecule has 5 unspecified atom stereocenters. The summed E-state index contributed by atoms with van der Waals surface area (Å²) in [6.07, 6.45) is -16.5. The highest BCUT2D eigenvalue weighted by Gasteiger charge is 2.52. The van der Waals surface area contributed by atoms with Crippen LogP contribution in [0.2, 0.25) is 0 Å². The van der Waals surface area contributed by atoms with Crippen molar-refractivity contribution in [3.05, 3.63) is 11.4 Å². The van der Waals surface area contributed by atoms with Crippen molar-refractivity contribution >= 4 is 0 Å². The highest BCUT2D eigenvalue weighted by molar-refractivity contribution is 4.88. The number of ether oxygens (including phenoxy) is 8. The van der Waals surface area contributed by atoms with Gasteiger partial charge < -0.3 is 53.7 Å². The molecule has 0 aromatic carbocycles. The largest absolute Gasteiger partial charge is 0.495 e. The van der Waals surface area contributed by atoms with Gasteiger partial charge in [-0.15, -0.1) is 8.78 Å². The molecule has 0 saturated heterocycles. The van der Waals surface area contributed by atoms with Crippen LogP contribution < -0.4 is 0 Å². The molecule has 0 heterocycles. The summed E-state index contributed by atoms with van der Waals surface area (Å²) in [7, 11) is 0. The van der Waals surface area contributed by atoms with Gasteiger partial charge in [-0.2, -0.15) is 17.6 Å². The first-order valence-corrected chi connectivity index (χ1v) is 13.7. The lowest BCUT2D eigenvalue weighted by Gasteiger charge is -2.26. The quantitative estimate of drug-likeness (QED) is 0.0432. The first-order chi connectivity index (χ1) is 20.7. The molecule has 0 aliphatic heterocycles. The first kappa shape index (κ1) is 40.6. The minimum atomic E-state index is -5.47. The number of hydrogen-bond acceptors (Lipinski definition) is 12. The first-order valence-electron chi connectivity index (χ1n) is 13.7. The fraction of sp³-hybridized carbons (Fsp3) is 0.960. The van der Waals surface area contributed by atoms with E-state index in [1.54, 1.807) is 0 Å². The van der Waals surface area contributed by atoms with Gasteiger partial charge >= 0.3 is 18.5 Å². The fourth-order valence-electron chi connectivity index (χ4n) is 3.57. The second-order valence-electron chi connectivity index (χ2n) is 9.79. The van der Waals surface area contributed by atoms with Gasteiger partial charge in [-0.3, -0.25) is 0 Å². The van der Waals surface area contributed by atoms with E-state index in [1.807, 2.05) is 0 Å². The van der Waals surface area contributed by atoms with E-state index in [4.69, 9.17) is 30.6 Å². The molecule has 0 aromatic rings. The highest BCUT2D eigenvalue weighted by atomic mass is 19.3. The number of alkyl halides is 6. The van der Waals surface area contributed by atoms with Crippen molar-refractivity contribution in [2.24, 2.45) is 0 Å². The minimum Gasteiger partial charge on any atom is -0.396 e. The molecule has 0 bridgehead atoms. The molecule has 13 nitrogen and oxygen atoms in total. The van der Waals surface area contributed by atoms with Crippen molar-refractivity contribution in [2.75, 3.05) is 79.3 Å². The van der Waals surface area contributed by atoms with Crippen LogP contribution in [0.4, 0.5) is 26.3 Å². The average molecular weight is 662 g/mol. The number of rotatable bonds is 27. The molecule has 1 aliphatic rings. The van der Waals surface area contributed by atoms with Crippen LogP contribution in [0.5, 0.6) is 0 Å². The van der Waals surface area contributed by atoms with E-state index < -0.39 is 69.9 Å². The van der Waals surface area contributed by atoms with E-state index in [-0.39, 0.29) is 58.4 Å². The van der Waals surface area contributed by atoms with Crippen LogP contribution in [0.25, 0.3) is 4.85 Å². The predicted octanol–water partition coefficient (Wildman–Crippen LogP) is 1.16. The van der Waals surface area contributed by atoms with Crippen LogP contribution in [0.1, 0.15) is 25.7 Å². The summed E-state index contributed by atoms with van der Waals surface area (Å²) in [6, 6.07) is -0.106. The number of hydrogen-bond donors (Lipinski definition) is 4. The average Bonchev–Trinajstić information content (AvgIpc) is 3.38. The third-order valence-corrected chi connectivity index (χ3v) is 5.51. The summed E-state index contributed by atoms with van der Waals surface area (Å²) in [5, 5.41) is 37.6. The van der Waals surface area contributed by atoms with Gasteiger partial charge in [0.2, 0.25) is 6.04 Å². The van der Waals surface area contributed by atoms with Crippen LogP contribution >= 0.6 is 0 Å². The van der Waals surface area contributed by atoms with Crippen LogP contribution in [-0.2, 0) is 37.9 Å². The van der Waals surface area contributed by atoms with Gasteiger partial charge in [-0.1, -0.05) is 0 Å². The Balaban J connectivity index is 2.18. The number of halogens is 6. The summed E-state index contributed by atoms with van der Waals surface area (Å²) in [6.45, 7) is 0.540. The van der Waals surface area contributed by atoms with Crippen molar-refractivity contribution in [2.45, 2.75) is 74.7 Å². The Kier molecular flexibility index (Phi) is 19.7. The number of aliphatic hydroxyl groups is 4. The van der Waals surface area contributed by atoms with Gasteiger partial charge in [0, 0.05) is 26.1 Å². The van der Waals surface area contributed by atoms with E-state index in [0.29, 0.717) is 25.7 Å². The molecule has 260 valence electrons. The molecule has 0 spiro atoms. The predicted molar refractivity (Wildman–Crippen MR) is 135 cm³/mol. The van der Waals surface area contributed by atoms with Crippen LogP contribution in [0.15, 0.2) is 0 Å². The second kappa shape index (κ2) is 21.4. The Hall–Kier alpha value is -1.41. The zero-order valence-electron chi connectivity index (χ0n) is 24.0. The van der Waals surface area contributed by atoms with Gasteiger partial charge in [0.15, 0.2) is 0 Å². The molecule has 0 radical (unpaired) electrons. The molecular formula is C25H41F6NO12. The van der Waals surface area contributed by atoms with Gasteiger partial charge in [-0.05, 0) is 12.8 Å². The normalized spacial score (nSPS) is 20.0.